The Morgan fingerprint density at radius 3 is 2.75 bits per heavy atom. The van der Waals surface area contributed by atoms with Crippen molar-refractivity contribution >= 4 is 40.3 Å². The van der Waals surface area contributed by atoms with Gasteiger partial charge in [-0.2, -0.15) is 0 Å². The van der Waals surface area contributed by atoms with E-state index in [1.54, 1.807) is 16.7 Å². The minimum Gasteiger partial charge on any atom is -0.296 e. The SMILES string of the molecule is O=C(CC1CC(F)(F)C1)Nc1nc2ccc(Cl)nc2n1C1=CC=C1. The molecule has 0 spiro atoms. The van der Waals surface area contributed by atoms with Crippen LogP contribution in [0.1, 0.15) is 19.3 Å². The van der Waals surface area contributed by atoms with E-state index in [2.05, 4.69) is 15.3 Å². The number of rotatable bonds is 4. The van der Waals surface area contributed by atoms with Crippen LogP contribution in [0.3, 0.4) is 0 Å². The van der Waals surface area contributed by atoms with Gasteiger partial charge in [-0.3, -0.25) is 14.7 Å². The van der Waals surface area contributed by atoms with Crippen LogP contribution < -0.4 is 5.32 Å². The highest BCUT2D eigenvalue weighted by atomic mass is 35.5. The number of hydrogen-bond acceptors (Lipinski definition) is 3. The summed E-state index contributed by atoms with van der Waals surface area (Å²) in [5.41, 5.74) is 1.94. The third-order valence-electron chi connectivity index (χ3n) is 4.16. The van der Waals surface area contributed by atoms with Gasteiger partial charge in [-0.25, -0.2) is 18.7 Å². The first-order chi connectivity index (χ1) is 11.4. The molecular formula is C16H13ClF2N4O. The van der Waals surface area contributed by atoms with Crippen LogP contribution in [-0.2, 0) is 4.79 Å². The van der Waals surface area contributed by atoms with Crippen molar-refractivity contribution in [3.05, 3.63) is 35.5 Å². The van der Waals surface area contributed by atoms with Crippen LogP contribution in [0.4, 0.5) is 14.7 Å². The second-order valence-corrected chi connectivity index (χ2v) is 6.47. The van der Waals surface area contributed by atoms with Crippen molar-refractivity contribution in [2.24, 2.45) is 5.92 Å². The number of alkyl halides is 2. The first kappa shape index (κ1) is 15.3. The Hall–Kier alpha value is -2.28. The molecule has 1 fully saturated rings. The molecule has 0 aromatic carbocycles. The van der Waals surface area contributed by atoms with E-state index in [-0.39, 0.29) is 31.1 Å². The van der Waals surface area contributed by atoms with Crippen molar-refractivity contribution in [2.45, 2.75) is 25.2 Å². The summed E-state index contributed by atoms with van der Waals surface area (Å²) in [5.74, 6) is -2.93. The highest BCUT2D eigenvalue weighted by molar-refractivity contribution is 6.29. The summed E-state index contributed by atoms with van der Waals surface area (Å²) < 4.78 is 27.5. The number of fused-ring (bicyclic) bond motifs is 1. The van der Waals surface area contributed by atoms with E-state index in [4.69, 9.17) is 11.6 Å². The number of imidazole rings is 1. The molecule has 1 N–H and O–H groups in total. The lowest BCUT2D eigenvalue weighted by Crippen LogP contribution is -2.37. The van der Waals surface area contributed by atoms with Crippen molar-refractivity contribution in [3.8, 4) is 0 Å². The first-order valence-corrected chi connectivity index (χ1v) is 7.90. The second-order valence-electron chi connectivity index (χ2n) is 6.08. The number of pyridine rings is 1. The summed E-state index contributed by atoms with van der Waals surface area (Å²) in [6.45, 7) is 0. The highest BCUT2D eigenvalue weighted by Crippen LogP contribution is 2.44. The van der Waals surface area contributed by atoms with Gasteiger partial charge in [-0.05, 0) is 30.2 Å². The van der Waals surface area contributed by atoms with E-state index < -0.39 is 5.92 Å². The lowest BCUT2D eigenvalue weighted by atomic mass is 9.79. The fraction of sp³-hybridized carbons (Fsp3) is 0.312. The summed E-state index contributed by atoms with van der Waals surface area (Å²) in [6.07, 6.45) is 5.15. The number of halogens is 3. The van der Waals surface area contributed by atoms with Crippen LogP contribution in [0.25, 0.3) is 16.9 Å². The highest BCUT2D eigenvalue weighted by Gasteiger charge is 2.45. The van der Waals surface area contributed by atoms with Crippen LogP contribution in [0, 0.1) is 5.92 Å². The van der Waals surface area contributed by atoms with Gasteiger partial charge in [0.25, 0.3) is 0 Å². The Balaban J connectivity index is 1.58. The molecular weight excluding hydrogens is 338 g/mol. The molecule has 0 radical (unpaired) electrons. The molecule has 2 aliphatic rings. The van der Waals surface area contributed by atoms with Crippen LogP contribution in [-0.4, -0.2) is 26.4 Å². The van der Waals surface area contributed by atoms with Crippen molar-refractivity contribution < 1.29 is 13.6 Å². The molecule has 5 nitrogen and oxygen atoms in total. The first-order valence-electron chi connectivity index (χ1n) is 7.53. The molecule has 1 saturated carbocycles. The number of amides is 1. The van der Waals surface area contributed by atoms with Gasteiger partial charge in [0, 0.05) is 19.3 Å². The maximum atomic E-state index is 12.9. The molecule has 0 unspecified atom stereocenters. The number of carbonyl (C=O) groups is 1. The fourth-order valence-electron chi connectivity index (χ4n) is 2.96. The van der Waals surface area contributed by atoms with Crippen molar-refractivity contribution in [2.75, 3.05) is 5.32 Å². The lowest BCUT2D eigenvalue weighted by Gasteiger charge is -2.34. The zero-order valence-corrected chi connectivity index (χ0v) is 13.2. The van der Waals surface area contributed by atoms with Crippen LogP contribution >= 0.6 is 11.6 Å². The number of aromatic nitrogens is 3. The minimum atomic E-state index is -2.62. The van der Waals surface area contributed by atoms with Crippen molar-refractivity contribution in [1.82, 2.24) is 14.5 Å². The molecule has 8 heteroatoms. The molecule has 2 aromatic rings. The molecule has 2 heterocycles. The molecule has 0 saturated heterocycles. The Kier molecular flexibility index (Phi) is 3.42. The van der Waals surface area contributed by atoms with Gasteiger partial charge < -0.3 is 0 Å². The standard InChI is InChI=1S/C16H13ClF2N4O/c17-12-5-4-11-14(21-12)23(10-2-1-3-10)15(20-11)22-13(24)6-9-7-16(18,19)8-9/h1-5,9H,6-8H2,(H,20,22,24). The third-order valence-corrected chi connectivity index (χ3v) is 4.37. The monoisotopic (exact) mass is 350 g/mol. The van der Waals surface area contributed by atoms with Gasteiger partial charge in [0.2, 0.25) is 17.8 Å². The molecule has 1 amide bonds. The van der Waals surface area contributed by atoms with E-state index in [9.17, 15) is 13.6 Å². The van der Waals surface area contributed by atoms with Crippen LogP contribution in [0.5, 0.6) is 0 Å². The van der Waals surface area contributed by atoms with Gasteiger partial charge in [0.05, 0.1) is 5.70 Å². The fourth-order valence-corrected chi connectivity index (χ4v) is 3.10. The molecule has 2 aliphatic carbocycles. The van der Waals surface area contributed by atoms with E-state index in [0.717, 1.165) is 5.70 Å². The quantitative estimate of drug-likeness (QED) is 0.851. The van der Waals surface area contributed by atoms with E-state index in [0.29, 0.717) is 22.3 Å². The number of nitrogens with one attached hydrogen (secondary N) is 1. The average Bonchev–Trinajstić information content (AvgIpc) is 2.73. The molecule has 0 bridgehead atoms. The molecule has 2 aromatic heterocycles. The maximum absolute atomic E-state index is 12.9. The molecule has 0 atom stereocenters. The zero-order valence-electron chi connectivity index (χ0n) is 12.5. The summed E-state index contributed by atoms with van der Waals surface area (Å²) in [7, 11) is 0. The topological polar surface area (TPSA) is 59.8 Å². The largest absolute Gasteiger partial charge is 0.296 e. The van der Waals surface area contributed by atoms with E-state index >= 15 is 0 Å². The predicted molar refractivity (Wildman–Crippen MR) is 86.9 cm³/mol. The lowest BCUT2D eigenvalue weighted by molar-refractivity contribution is -0.129. The molecule has 124 valence electrons. The molecule has 0 aliphatic heterocycles. The number of nitrogens with zero attached hydrogens (tertiary/aromatic N) is 3. The predicted octanol–water partition coefficient (Wildman–Crippen LogP) is 3.87. The second kappa shape index (κ2) is 5.37. The van der Waals surface area contributed by atoms with Gasteiger partial charge in [-0.15, -0.1) is 0 Å². The van der Waals surface area contributed by atoms with Crippen molar-refractivity contribution in [1.29, 1.82) is 0 Å². The summed E-state index contributed by atoms with van der Waals surface area (Å²) >= 11 is 5.95. The van der Waals surface area contributed by atoms with E-state index in [1.807, 2.05) is 18.2 Å². The van der Waals surface area contributed by atoms with Gasteiger partial charge in [0.1, 0.15) is 10.7 Å². The summed E-state index contributed by atoms with van der Waals surface area (Å²) in [4.78, 5) is 20.8. The Morgan fingerprint density at radius 2 is 2.12 bits per heavy atom. The van der Waals surface area contributed by atoms with Gasteiger partial charge in [0.15, 0.2) is 5.65 Å². The van der Waals surface area contributed by atoms with Gasteiger partial charge in [-0.1, -0.05) is 17.7 Å². The Labute approximate surface area is 141 Å². The average molecular weight is 351 g/mol. The zero-order chi connectivity index (χ0) is 16.9. The van der Waals surface area contributed by atoms with Crippen LogP contribution in [0.2, 0.25) is 5.15 Å². The van der Waals surface area contributed by atoms with E-state index in [1.165, 1.54) is 0 Å². The van der Waals surface area contributed by atoms with Crippen LogP contribution in [0.15, 0.2) is 30.4 Å². The summed E-state index contributed by atoms with van der Waals surface area (Å²) in [6, 6.07) is 3.33. The van der Waals surface area contributed by atoms with Gasteiger partial charge >= 0.3 is 0 Å². The molecule has 24 heavy (non-hydrogen) atoms. The Bertz CT molecular complexity index is 895. The number of carbonyl (C=O) groups excluding carboxylic acids is 1. The minimum absolute atomic E-state index is 0.0574. The number of hydrogen-bond donors (Lipinski definition) is 1. The Morgan fingerprint density at radius 1 is 1.38 bits per heavy atom. The number of anilines is 1. The normalized spacial score (nSPS) is 18.9. The third kappa shape index (κ3) is 2.69. The summed E-state index contributed by atoms with van der Waals surface area (Å²) in [5, 5.41) is 3.03. The maximum Gasteiger partial charge on any atom is 0.248 e. The van der Waals surface area contributed by atoms with Crippen molar-refractivity contribution in [3.63, 3.8) is 0 Å². The number of allylic oxidation sites excluding steroid dienone is 4. The smallest absolute Gasteiger partial charge is 0.248 e. The molecule has 4 rings (SSSR count).